The molecule has 0 aromatic rings. The third-order valence-corrected chi connectivity index (χ3v) is 4.91. The number of nitrogens with zero attached hydrogens (tertiary/aromatic N) is 1. The highest BCUT2D eigenvalue weighted by Crippen LogP contribution is 2.40. The lowest BCUT2D eigenvalue weighted by Crippen LogP contribution is -2.73. The lowest BCUT2D eigenvalue weighted by molar-refractivity contribution is -0.180. The molecular weight excluding hydrogens is 249 g/mol. The molecule has 1 atom stereocenters. The van der Waals surface area contributed by atoms with Crippen LogP contribution in [0, 0.1) is 0 Å². The van der Waals surface area contributed by atoms with Crippen LogP contribution in [0.4, 0.5) is 13.2 Å². The lowest BCUT2D eigenvalue weighted by Gasteiger charge is -2.46. The monoisotopic (exact) mass is 260 g/mol. The summed E-state index contributed by atoms with van der Waals surface area (Å²) in [5.41, 5.74) is 4.86. The fraction of sp³-hybridized carbons (Fsp3) is 0.857. The number of sulfonamides is 1. The molecule has 1 aliphatic heterocycles. The Balaban J connectivity index is 3.14. The molecule has 0 aromatic heterocycles. The van der Waals surface area contributed by atoms with Crippen molar-refractivity contribution >= 4 is 15.9 Å². The number of hydrogen-bond donors (Lipinski definition) is 1. The van der Waals surface area contributed by atoms with E-state index in [1.807, 2.05) is 0 Å². The number of carbonyl (C=O) groups is 1. The van der Waals surface area contributed by atoms with E-state index in [1.165, 1.54) is 0 Å². The smallest absolute Gasteiger partial charge is 0.328 e. The van der Waals surface area contributed by atoms with Gasteiger partial charge in [-0.25, -0.2) is 12.7 Å². The highest BCUT2D eigenvalue weighted by Gasteiger charge is 2.66. The van der Waals surface area contributed by atoms with Crippen molar-refractivity contribution in [2.75, 3.05) is 6.54 Å². The van der Waals surface area contributed by atoms with Crippen molar-refractivity contribution in [2.45, 2.75) is 30.8 Å². The molecule has 1 saturated heterocycles. The average molecular weight is 260 g/mol. The molecule has 0 aromatic carbocycles. The van der Waals surface area contributed by atoms with Gasteiger partial charge in [0.2, 0.25) is 0 Å². The van der Waals surface area contributed by atoms with Crippen LogP contribution in [0.15, 0.2) is 0 Å². The minimum Gasteiger partial charge on any atom is -0.328 e. The number of rotatable bonds is 2. The Morgan fingerprint density at radius 1 is 1.44 bits per heavy atom. The molecule has 1 fully saturated rings. The molecule has 1 heterocycles. The molecule has 94 valence electrons. The fourth-order valence-corrected chi connectivity index (χ4v) is 3.03. The molecule has 9 heteroatoms. The molecule has 1 unspecified atom stereocenters. The number of alkyl halides is 3. The van der Waals surface area contributed by atoms with Crippen LogP contribution in [0.1, 0.15) is 13.8 Å². The molecule has 0 radical (unpaired) electrons. The van der Waals surface area contributed by atoms with Crippen LogP contribution in [0.2, 0.25) is 0 Å². The number of amides is 1. The average Bonchev–Trinajstić information content (AvgIpc) is 2.10. The summed E-state index contributed by atoms with van der Waals surface area (Å²) >= 11 is 0. The Bertz CT molecular complexity index is 415. The maximum absolute atomic E-state index is 12.4. The first-order valence-electron chi connectivity index (χ1n) is 4.33. The zero-order chi connectivity index (χ0) is 12.9. The first kappa shape index (κ1) is 13.2. The second-order valence-electron chi connectivity index (χ2n) is 3.91. The minimum atomic E-state index is -4.85. The molecule has 0 aliphatic carbocycles. The van der Waals surface area contributed by atoms with Gasteiger partial charge in [0.05, 0.1) is 0 Å². The molecule has 1 amide bonds. The molecule has 0 spiro atoms. The van der Waals surface area contributed by atoms with Gasteiger partial charge in [-0.3, -0.25) is 4.79 Å². The normalized spacial score (nSPS) is 25.1. The number of carbonyl (C=O) groups excluding carboxylic acids is 1. The van der Waals surface area contributed by atoms with Gasteiger partial charge in [-0.15, -0.1) is 0 Å². The molecule has 1 rings (SSSR count). The lowest BCUT2D eigenvalue weighted by atomic mass is 10.1. The third kappa shape index (κ3) is 1.49. The van der Waals surface area contributed by atoms with E-state index in [4.69, 9.17) is 5.73 Å². The number of hydrogen-bond acceptors (Lipinski definition) is 4. The number of nitrogens with two attached hydrogens (primary N) is 1. The Morgan fingerprint density at radius 2 is 1.88 bits per heavy atom. The van der Waals surface area contributed by atoms with Crippen molar-refractivity contribution in [3.05, 3.63) is 0 Å². The van der Waals surface area contributed by atoms with Crippen molar-refractivity contribution in [1.29, 1.82) is 0 Å². The molecule has 16 heavy (non-hydrogen) atoms. The first-order valence-corrected chi connectivity index (χ1v) is 5.77. The van der Waals surface area contributed by atoms with E-state index in [2.05, 4.69) is 0 Å². The van der Waals surface area contributed by atoms with Gasteiger partial charge in [0, 0.05) is 6.54 Å². The van der Waals surface area contributed by atoms with Crippen LogP contribution in [0.3, 0.4) is 0 Å². The maximum Gasteiger partial charge on any atom is 0.411 e. The summed E-state index contributed by atoms with van der Waals surface area (Å²) in [6.45, 7) is 1.14. The van der Waals surface area contributed by atoms with E-state index < -0.39 is 39.4 Å². The van der Waals surface area contributed by atoms with E-state index in [-0.39, 0.29) is 4.31 Å². The number of halogens is 3. The Labute approximate surface area is 90.4 Å². The highest BCUT2D eigenvalue weighted by atomic mass is 32.2. The van der Waals surface area contributed by atoms with E-state index in [9.17, 15) is 26.4 Å². The fourth-order valence-electron chi connectivity index (χ4n) is 1.36. The van der Waals surface area contributed by atoms with Gasteiger partial charge in [-0.1, -0.05) is 0 Å². The largest absolute Gasteiger partial charge is 0.411 e. The molecule has 0 saturated carbocycles. The van der Waals surface area contributed by atoms with Crippen LogP contribution in [0.25, 0.3) is 0 Å². The summed E-state index contributed by atoms with van der Waals surface area (Å²) in [5.74, 6) is -1.08. The van der Waals surface area contributed by atoms with Crippen LogP contribution >= 0.6 is 0 Å². The van der Waals surface area contributed by atoms with Crippen molar-refractivity contribution < 1.29 is 26.4 Å². The van der Waals surface area contributed by atoms with Gasteiger partial charge in [-0.05, 0) is 13.8 Å². The van der Waals surface area contributed by atoms with E-state index >= 15 is 0 Å². The Morgan fingerprint density at radius 3 is 2.12 bits per heavy atom. The SMILES string of the molecule is CC1(C)C(=O)N(C(CN)C(F)(F)F)S1(=O)=O. The van der Waals surface area contributed by atoms with Crippen molar-refractivity contribution in [3.8, 4) is 0 Å². The van der Waals surface area contributed by atoms with Crippen LogP contribution in [-0.4, -0.2) is 42.1 Å². The van der Waals surface area contributed by atoms with Crippen molar-refractivity contribution in [1.82, 2.24) is 4.31 Å². The Hall–Kier alpha value is -0.830. The maximum atomic E-state index is 12.4. The van der Waals surface area contributed by atoms with Crippen molar-refractivity contribution in [2.24, 2.45) is 5.73 Å². The third-order valence-electron chi connectivity index (χ3n) is 2.50. The Kier molecular flexibility index (Phi) is 2.75. The van der Waals surface area contributed by atoms with Gasteiger partial charge < -0.3 is 5.73 Å². The minimum absolute atomic E-state index is 0.174. The summed E-state index contributed by atoms with van der Waals surface area (Å²) in [4.78, 5) is 11.3. The molecule has 2 N–H and O–H groups in total. The highest BCUT2D eigenvalue weighted by molar-refractivity contribution is 7.94. The van der Waals surface area contributed by atoms with E-state index in [0.717, 1.165) is 13.8 Å². The van der Waals surface area contributed by atoms with Gasteiger partial charge >= 0.3 is 6.18 Å². The predicted octanol–water partition coefficient (Wildman–Crippen LogP) is -0.173. The van der Waals surface area contributed by atoms with Gasteiger partial charge in [0.1, 0.15) is 0 Å². The van der Waals surface area contributed by atoms with E-state index in [1.54, 1.807) is 0 Å². The standard InChI is InChI=1S/C7H11F3N2O3S/c1-6(2)5(13)12(16(6,14)15)4(3-11)7(8,9)10/h4H,3,11H2,1-2H3. The zero-order valence-corrected chi connectivity index (χ0v) is 9.39. The summed E-state index contributed by atoms with van der Waals surface area (Å²) in [5, 5.41) is 0. The van der Waals surface area contributed by atoms with Crippen LogP contribution in [-0.2, 0) is 14.8 Å². The second kappa shape index (κ2) is 3.33. The van der Waals surface area contributed by atoms with Gasteiger partial charge in [-0.2, -0.15) is 13.2 Å². The van der Waals surface area contributed by atoms with E-state index in [0.29, 0.717) is 0 Å². The van der Waals surface area contributed by atoms with Crippen LogP contribution in [0.5, 0.6) is 0 Å². The molecule has 0 bridgehead atoms. The van der Waals surface area contributed by atoms with Gasteiger partial charge in [0.15, 0.2) is 10.8 Å². The summed E-state index contributed by atoms with van der Waals surface area (Å²) in [7, 11) is -4.26. The topological polar surface area (TPSA) is 80.5 Å². The van der Waals surface area contributed by atoms with Crippen LogP contribution < -0.4 is 5.73 Å². The molecular formula is C7H11F3N2O3S. The zero-order valence-electron chi connectivity index (χ0n) is 8.58. The van der Waals surface area contributed by atoms with Gasteiger partial charge in [0.25, 0.3) is 15.9 Å². The quantitative estimate of drug-likeness (QED) is 0.747. The summed E-state index contributed by atoms with van der Waals surface area (Å²) < 4.78 is 58.2. The molecule has 1 aliphatic rings. The summed E-state index contributed by atoms with van der Waals surface area (Å²) in [6.07, 6.45) is -4.85. The first-order chi connectivity index (χ1) is 6.98. The summed E-state index contributed by atoms with van der Waals surface area (Å²) in [6, 6.07) is -2.47. The predicted molar refractivity (Wildman–Crippen MR) is 48.7 cm³/mol. The molecule has 5 nitrogen and oxygen atoms in total. The van der Waals surface area contributed by atoms with Crippen molar-refractivity contribution in [3.63, 3.8) is 0 Å². The second-order valence-corrected chi connectivity index (χ2v) is 6.27.